The maximum absolute atomic E-state index is 11.4. The lowest BCUT2D eigenvalue weighted by Gasteiger charge is -2.07. The van der Waals surface area contributed by atoms with Crippen molar-refractivity contribution in [1.82, 2.24) is 5.32 Å². The van der Waals surface area contributed by atoms with Gasteiger partial charge >= 0.3 is 0 Å². The molecule has 0 aromatic heterocycles. The fourth-order valence-corrected chi connectivity index (χ4v) is 1.32. The molecule has 0 atom stereocenters. The molecule has 0 saturated carbocycles. The Morgan fingerprint density at radius 2 is 2.00 bits per heavy atom. The number of amides is 1. The van der Waals surface area contributed by atoms with Gasteiger partial charge < -0.3 is 10.6 Å². The minimum absolute atomic E-state index is 0.0446. The van der Waals surface area contributed by atoms with Gasteiger partial charge in [0.2, 0.25) is 0 Å². The van der Waals surface area contributed by atoms with E-state index in [9.17, 15) is 4.79 Å². The Labute approximate surface area is 84.5 Å². The van der Waals surface area contributed by atoms with Crippen molar-refractivity contribution in [2.24, 2.45) is 0 Å². The molecule has 0 aliphatic carbocycles. The van der Waals surface area contributed by atoms with Crippen molar-refractivity contribution in [1.29, 1.82) is 0 Å². The Balaban J connectivity index is 3.10. The zero-order valence-corrected chi connectivity index (χ0v) is 8.85. The Morgan fingerprint density at radius 3 is 2.50 bits per heavy atom. The Bertz CT molecular complexity index is 312. The average molecular weight is 192 g/mol. The molecule has 3 heteroatoms. The van der Waals surface area contributed by atoms with E-state index in [1.165, 1.54) is 0 Å². The van der Waals surface area contributed by atoms with Gasteiger partial charge in [-0.3, -0.25) is 4.79 Å². The van der Waals surface area contributed by atoms with E-state index in [2.05, 4.69) is 17.6 Å². The molecule has 0 saturated heterocycles. The molecule has 0 aliphatic heterocycles. The van der Waals surface area contributed by atoms with Gasteiger partial charge in [-0.15, -0.1) is 0 Å². The van der Waals surface area contributed by atoms with E-state index < -0.39 is 0 Å². The van der Waals surface area contributed by atoms with Crippen LogP contribution in [0.1, 0.15) is 22.8 Å². The normalized spacial score (nSPS) is 9.64. The first kappa shape index (κ1) is 10.6. The third kappa shape index (κ3) is 2.25. The molecule has 1 aromatic carbocycles. The molecular formula is C11H16N2O. The second-order valence-electron chi connectivity index (χ2n) is 3.10. The summed E-state index contributed by atoms with van der Waals surface area (Å²) in [4.78, 5) is 11.4. The van der Waals surface area contributed by atoms with Crippen molar-refractivity contribution >= 4 is 11.6 Å². The van der Waals surface area contributed by atoms with Crippen molar-refractivity contribution in [3.63, 3.8) is 0 Å². The molecule has 2 N–H and O–H groups in total. The number of benzene rings is 1. The number of aryl methyl sites for hydroxylation is 1. The van der Waals surface area contributed by atoms with E-state index >= 15 is 0 Å². The van der Waals surface area contributed by atoms with Crippen molar-refractivity contribution in [2.45, 2.75) is 13.3 Å². The van der Waals surface area contributed by atoms with E-state index in [4.69, 9.17) is 0 Å². The standard InChI is InChI=1S/C11H16N2O/c1-4-8-5-9(11(14)13-3)7-10(6-8)12-2/h5-7,12H,4H2,1-3H3,(H,13,14). The van der Waals surface area contributed by atoms with Crippen molar-refractivity contribution in [3.05, 3.63) is 29.3 Å². The van der Waals surface area contributed by atoms with Crippen LogP contribution in [0.5, 0.6) is 0 Å². The molecule has 1 amide bonds. The zero-order chi connectivity index (χ0) is 10.6. The van der Waals surface area contributed by atoms with Crippen LogP contribution in [-0.2, 0) is 6.42 Å². The summed E-state index contributed by atoms with van der Waals surface area (Å²) in [6, 6.07) is 5.81. The topological polar surface area (TPSA) is 41.1 Å². The highest BCUT2D eigenvalue weighted by atomic mass is 16.1. The minimum Gasteiger partial charge on any atom is -0.388 e. The van der Waals surface area contributed by atoms with E-state index in [1.54, 1.807) is 7.05 Å². The SMILES string of the molecule is CCc1cc(NC)cc(C(=O)NC)c1. The third-order valence-electron chi connectivity index (χ3n) is 2.18. The van der Waals surface area contributed by atoms with Gasteiger partial charge in [0.1, 0.15) is 0 Å². The molecule has 0 bridgehead atoms. The van der Waals surface area contributed by atoms with Gasteiger partial charge in [0, 0.05) is 25.3 Å². The molecule has 1 rings (SSSR count). The molecule has 1 aromatic rings. The predicted molar refractivity (Wildman–Crippen MR) is 58.8 cm³/mol. The number of rotatable bonds is 3. The van der Waals surface area contributed by atoms with Crippen LogP contribution in [0.25, 0.3) is 0 Å². The maximum atomic E-state index is 11.4. The van der Waals surface area contributed by atoms with Crippen molar-refractivity contribution in [3.8, 4) is 0 Å². The first-order valence-electron chi connectivity index (χ1n) is 4.75. The summed E-state index contributed by atoms with van der Waals surface area (Å²) in [6.45, 7) is 2.07. The molecular weight excluding hydrogens is 176 g/mol. The largest absolute Gasteiger partial charge is 0.388 e. The number of carbonyl (C=O) groups excluding carboxylic acids is 1. The number of carbonyl (C=O) groups is 1. The van der Waals surface area contributed by atoms with Crippen molar-refractivity contribution in [2.75, 3.05) is 19.4 Å². The predicted octanol–water partition coefficient (Wildman–Crippen LogP) is 1.65. The van der Waals surface area contributed by atoms with Crippen LogP contribution in [0.3, 0.4) is 0 Å². The van der Waals surface area contributed by atoms with Gasteiger partial charge in [0.25, 0.3) is 5.91 Å². The minimum atomic E-state index is -0.0446. The quantitative estimate of drug-likeness (QED) is 0.764. The number of hydrogen-bond donors (Lipinski definition) is 2. The summed E-state index contributed by atoms with van der Waals surface area (Å²) >= 11 is 0. The number of hydrogen-bond acceptors (Lipinski definition) is 2. The first-order valence-corrected chi connectivity index (χ1v) is 4.75. The first-order chi connectivity index (χ1) is 6.71. The molecule has 76 valence electrons. The lowest BCUT2D eigenvalue weighted by atomic mass is 10.1. The zero-order valence-electron chi connectivity index (χ0n) is 8.85. The highest BCUT2D eigenvalue weighted by Crippen LogP contribution is 2.14. The van der Waals surface area contributed by atoms with Crippen LogP contribution in [0, 0.1) is 0 Å². The molecule has 0 spiro atoms. The van der Waals surface area contributed by atoms with E-state index in [0.717, 1.165) is 17.7 Å². The fourth-order valence-electron chi connectivity index (χ4n) is 1.32. The van der Waals surface area contributed by atoms with E-state index in [1.807, 2.05) is 25.2 Å². The van der Waals surface area contributed by atoms with Gasteiger partial charge in [-0.1, -0.05) is 6.92 Å². The van der Waals surface area contributed by atoms with Gasteiger partial charge in [0.15, 0.2) is 0 Å². The third-order valence-corrected chi connectivity index (χ3v) is 2.18. The smallest absolute Gasteiger partial charge is 0.251 e. The summed E-state index contributed by atoms with van der Waals surface area (Å²) < 4.78 is 0. The fraction of sp³-hybridized carbons (Fsp3) is 0.364. The van der Waals surface area contributed by atoms with Crippen LogP contribution in [0.4, 0.5) is 5.69 Å². The van der Waals surface area contributed by atoms with Crippen LogP contribution in [0.15, 0.2) is 18.2 Å². The van der Waals surface area contributed by atoms with E-state index in [-0.39, 0.29) is 5.91 Å². The van der Waals surface area contributed by atoms with Crippen LogP contribution >= 0.6 is 0 Å². The summed E-state index contributed by atoms with van der Waals surface area (Å²) in [5, 5.41) is 5.66. The van der Waals surface area contributed by atoms with Gasteiger partial charge in [-0.2, -0.15) is 0 Å². The van der Waals surface area contributed by atoms with E-state index in [0.29, 0.717) is 5.56 Å². The van der Waals surface area contributed by atoms with Gasteiger partial charge in [0.05, 0.1) is 0 Å². The average Bonchev–Trinajstić information content (AvgIpc) is 2.27. The molecule has 0 heterocycles. The van der Waals surface area contributed by atoms with Crippen LogP contribution < -0.4 is 10.6 Å². The Morgan fingerprint density at radius 1 is 1.29 bits per heavy atom. The number of nitrogens with one attached hydrogen (secondary N) is 2. The molecule has 14 heavy (non-hydrogen) atoms. The summed E-state index contributed by atoms with van der Waals surface area (Å²) in [5.41, 5.74) is 2.84. The van der Waals surface area contributed by atoms with Gasteiger partial charge in [-0.25, -0.2) is 0 Å². The second kappa shape index (κ2) is 4.65. The van der Waals surface area contributed by atoms with Gasteiger partial charge in [-0.05, 0) is 30.2 Å². The Hall–Kier alpha value is -1.51. The lowest BCUT2D eigenvalue weighted by molar-refractivity contribution is 0.0963. The summed E-state index contributed by atoms with van der Waals surface area (Å²) in [5.74, 6) is -0.0446. The highest BCUT2D eigenvalue weighted by molar-refractivity contribution is 5.95. The molecule has 0 radical (unpaired) electrons. The van der Waals surface area contributed by atoms with Crippen LogP contribution in [0.2, 0.25) is 0 Å². The lowest BCUT2D eigenvalue weighted by Crippen LogP contribution is -2.18. The number of anilines is 1. The Kier molecular flexibility index (Phi) is 3.51. The molecule has 0 aliphatic rings. The van der Waals surface area contributed by atoms with Crippen molar-refractivity contribution < 1.29 is 4.79 Å². The molecule has 3 nitrogen and oxygen atoms in total. The summed E-state index contributed by atoms with van der Waals surface area (Å²) in [6.07, 6.45) is 0.930. The monoisotopic (exact) mass is 192 g/mol. The maximum Gasteiger partial charge on any atom is 0.251 e. The van der Waals surface area contributed by atoms with Crippen LogP contribution in [-0.4, -0.2) is 20.0 Å². The molecule has 0 fully saturated rings. The highest BCUT2D eigenvalue weighted by Gasteiger charge is 2.05. The molecule has 0 unspecified atom stereocenters. The summed E-state index contributed by atoms with van der Waals surface area (Å²) in [7, 11) is 3.49. The second-order valence-corrected chi connectivity index (χ2v) is 3.10.